The standard InChI is InChI=1S/C17H29N3OS/c1-17(2,13-19-8-10-21-11-9-19)14-20-7-4-3-5-15(20)16-18-6-12-22-16/h6,12,15H,3-5,7-11,13-14H2,1-2H3/t15-/m0/s1. The van der Waals surface area contributed by atoms with Crippen molar-refractivity contribution in [3.63, 3.8) is 0 Å². The second-order valence-corrected chi connectivity index (χ2v) is 8.33. The molecule has 0 bridgehead atoms. The van der Waals surface area contributed by atoms with E-state index >= 15 is 0 Å². The van der Waals surface area contributed by atoms with Gasteiger partial charge in [0.2, 0.25) is 0 Å². The van der Waals surface area contributed by atoms with E-state index < -0.39 is 0 Å². The van der Waals surface area contributed by atoms with E-state index in [1.807, 2.05) is 17.5 Å². The van der Waals surface area contributed by atoms with Crippen LogP contribution in [0.4, 0.5) is 0 Å². The molecule has 0 spiro atoms. The molecule has 0 unspecified atom stereocenters. The quantitative estimate of drug-likeness (QED) is 0.833. The molecule has 0 saturated carbocycles. The Kier molecular flexibility index (Phi) is 5.50. The number of thiazole rings is 1. The van der Waals surface area contributed by atoms with Crippen LogP contribution in [0, 0.1) is 5.41 Å². The Morgan fingerprint density at radius 3 is 2.77 bits per heavy atom. The van der Waals surface area contributed by atoms with Crippen molar-refractivity contribution < 1.29 is 4.74 Å². The van der Waals surface area contributed by atoms with Crippen molar-refractivity contribution >= 4 is 11.3 Å². The van der Waals surface area contributed by atoms with Gasteiger partial charge in [0.05, 0.1) is 19.3 Å². The van der Waals surface area contributed by atoms with Gasteiger partial charge >= 0.3 is 0 Å². The minimum atomic E-state index is 0.310. The van der Waals surface area contributed by atoms with Crippen LogP contribution in [0.5, 0.6) is 0 Å². The number of rotatable bonds is 5. The molecule has 3 heterocycles. The van der Waals surface area contributed by atoms with Crippen molar-refractivity contribution in [3.05, 3.63) is 16.6 Å². The second-order valence-electron chi connectivity index (χ2n) is 7.41. The third-order valence-electron chi connectivity index (χ3n) is 4.74. The van der Waals surface area contributed by atoms with Crippen LogP contribution in [0.1, 0.15) is 44.2 Å². The number of ether oxygens (including phenoxy) is 1. The van der Waals surface area contributed by atoms with E-state index in [1.165, 1.54) is 30.8 Å². The molecule has 1 aromatic heterocycles. The topological polar surface area (TPSA) is 28.6 Å². The molecule has 4 nitrogen and oxygen atoms in total. The summed E-state index contributed by atoms with van der Waals surface area (Å²) in [7, 11) is 0. The number of piperidine rings is 1. The smallest absolute Gasteiger partial charge is 0.110 e. The van der Waals surface area contributed by atoms with Crippen molar-refractivity contribution in [2.75, 3.05) is 45.9 Å². The lowest BCUT2D eigenvalue weighted by atomic mass is 9.89. The van der Waals surface area contributed by atoms with Crippen LogP contribution in [0.2, 0.25) is 0 Å². The zero-order chi connectivity index (χ0) is 15.4. The summed E-state index contributed by atoms with van der Waals surface area (Å²) in [5, 5.41) is 3.42. The van der Waals surface area contributed by atoms with Crippen LogP contribution in [0.3, 0.4) is 0 Å². The molecule has 0 radical (unpaired) electrons. The summed E-state index contributed by atoms with van der Waals surface area (Å²) in [6.45, 7) is 12.3. The molecule has 1 atom stereocenters. The first-order chi connectivity index (χ1) is 10.6. The van der Waals surface area contributed by atoms with Gasteiger partial charge in [-0.3, -0.25) is 9.80 Å². The highest BCUT2D eigenvalue weighted by Crippen LogP contribution is 2.34. The molecule has 5 heteroatoms. The first-order valence-corrected chi connectivity index (χ1v) is 9.46. The molecule has 0 aromatic carbocycles. The highest BCUT2D eigenvalue weighted by atomic mass is 32.1. The third-order valence-corrected chi connectivity index (χ3v) is 5.61. The highest BCUT2D eigenvalue weighted by molar-refractivity contribution is 7.09. The maximum Gasteiger partial charge on any atom is 0.110 e. The molecule has 2 aliphatic rings. The molecular formula is C17H29N3OS. The Morgan fingerprint density at radius 1 is 1.23 bits per heavy atom. The van der Waals surface area contributed by atoms with E-state index in [-0.39, 0.29) is 0 Å². The fourth-order valence-electron chi connectivity index (χ4n) is 3.82. The lowest BCUT2D eigenvalue weighted by molar-refractivity contribution is 0.00849. The number of hydrogen-bond donors (Lipinski definition) is 0. The fraction of sp³-hybridized carbons (Fsp3) is 0.824. The molecule has 2 saturated heterocycles. The molecule has 3 rings (SSSR count). The van der Waals surface area contributed by atoms with Crippen LogP contribution in [-0.4, -0.2) is 60.7 Å². The molecule has 2 aliphatic heterocycles. The van der Waals surface area contributed by atoms with Gasteiger partial charge in [-0.25, -0.2) is 4.98 Å². The average molecular weight is 324 g/mol. The van der Waals surface area contributed by atoms with Crippen molar-refractivity contribution in [2.45, 2.75) is 39.2 Å². The van der Waals surface area contributed by atoms with Crippen LogP contribution < -0.4 is 0 Å². The molecule has 22 heavy (non-hydrogen) atoms. The van der Waals surface area contributed by atoms with Crippen LogP contribution in [0.25, 0.3) is 0 Å². The number of likely N-dealkylation sites (tertiary alicyclic amines) is 1. The van der Waals surface area contributed by atoms with Gasteiger partial charge in [0, 0.05) is 37.8 Å². The van der Waals surface area contributed by atoms with Crippen LogP contribution in [-0.2, 0) is 4.74 Å². The zero-order valence-corrected chi connectivity index (χ0v) is 14.8. The Bertz CT molecular complexity index is 443. The second kappa shape index (κ2) is 7.39. The predicted molar refractivity (Wildman–Crippen MR) is 91.3 cm³/mol. The summed E-state index contributed by atoms with van der Waals surface area (Å²) >= 11 is 1.82. The monoisotopic (exact) mass is 323 g/mol. The molecule has 0 aliphatic carbocycles. The molecule has 0 amide bonds. The van der Waals surface area contributed by atoms with Crippen LogP contribution >= 0.6 is 11.3 Å². The molecule has 2 fully saturated rings. The maximum absolute atomic E-state index is 5.47. The van der Waals surface area contributed by atoms with Gasteiger partial charge < -0.3 is 4.74 Å². The van der Waals surface area contributed by atoms with E-state index in [1.54, 1.807) is 0 Å². The Hall–Kier alpha value is -0.490. The van der Waals surface area contributed by atoms with E-state index in [0.717, 1.165) is 39.4 Å². The fourth-order valence-corrected chi connectivity index (χ4v) is 4.63. The summed E-state index contributed by atoms with van der Waals surface area (Å²) in [4.78, 5) is 9.83. The predicted octanol–water partition coefficient (Wildman–Crippen LogP) is 3.03. The van der Waals surface area contributed by atoms with Gasteiger partial charge in [0.1, 0.15) is 5.01 Å². The molecule has 124 valence electrons. The van der Waals surface area contributed by atoms with Gasteiger partial charge in [-0.05, 0) is 24.8 Å². The maximum atomic E-state index is 5.47. The van der Waals surface area contributed by atoms with Crippen molar-refractivity contribution in [1.82, 2.24) is 14.8 Å². The number of morpholine rings is 1. The Morgan fingerprint density at radius 2 is 2.05 bits per heavy atom. The van der Waals surface area contributed by atoms with E-state index in [4.69, 9.17) is 4.74 Å². The van der Waals surface area contributed by atoms with Gasteiger partial charge in [0.25, 0.3) is 0 Å². The minimum absolute atomic E-state index is 0.310. The average Bonchev–Trinajstić information content (AvgIpc) is 3.02. The lowest BCUT2D eigenvalue weighted by Gasteiger charge is -2.42. The van der Waals surface area contributed by atoms with Crippen molar-refractivity contribution in [3.8, 4) is 0 Å². The summed E-state index contributed by atoms with van der Waals surface area (Å²) in [6.07, 6.45) is 5.88. The van der Waals surface area contributed by atoms with Gasteiger partial charge in [-0.1, -0.05) is 20.3 Å². The van der Waals surface area contributed by atoms with Gasteiger partial charge in [-0.2, -0.15) is 0 Å². The zero-order valence-electron chi connectivity index (χ0n) is 14.0. The largest absolute Gasteiger partial charge is 0.379 e. The number of nitrogens with zero attached hydrogens (tertiary/aromatic N) is 3. The summed E-state index contributed by atoms with van der Waals surface area (Å²) in [6, 6.07) is 0.540. The van der Waals surface area contributed by atoms with Gasteiger partial charge in [-0.15, -0.1) is 11.3 Å². The lowest BCUT2D eigenvalue weighted by Crippen LogP contribution is -2.47. The summed E-state index contributed by atoms with van der Waals surface area (Å²) in [5.74, 6) is 0. The van der Waals surface area contributed by atoms with Gasteiger partial charge in [0.15, 0.2) is 0 Å². The molecule has 1 aromatic rings. The third kappa shape index (κ3) is 4.28. The van der Waals surface area contributed by atoms with Crippen molar-refractivity contribution in [1.29, 1.82) is 0 Å². The van der Waals surface area contributed by atoms with Crippen molar-refractivity contribution in [2.24, 2.45) is 5.41 Å². The Labute approximate surface area is 138 Å². The Balaban J connectivity index is 1.61. The summed E-state index contributed by atoms with van der Waals surface area (Å²) in [5.41, 5.74) is 0.310. The van der Waals surface area contributed by atoms with E-state index in [2.05, 4.69) is 34.0 Å². The molecule has 0 N–H and O–H groups in total. The number of aromatic nitrogens is 1. The minimum Gasteiger partial charge on any atom is -0.379 e. The first kappa shape index (κ1) is 16.4. The molecular weight excluding hydrogens is 294 g/mol. The number of hydrogen-bond acceptors (Lipinski definition) is 5. The van der Waals surface area contributed by atoms with Crippen LogP contribution in [0.15, 0.2) is 11.6 Å². The first-order valence-electron chi connectivity index (χ1n) is 8.58. The normalized spacial score (nSPS) is 25.5. The summed E-state index contributed by atoms with van der Waals surface area (Å²) < 4.78 is 5.47. The SMILES string of the molecule is CC(C)(CN1CCOCC1)CN1CCCC[C@H]1c1nccs1. The van der Waals surface area contributed by atoms with E-state index in [0.29, 0.717) is 11.5 Å². The van der Waals surface area contributed by atoms with E-state index in [9.17, 15) is 0 Å². The highest BCUT2D eigenvalue weighted by Gasteiger charge is 2.32.